The summed E-state index contributed by atoms with van der Waals surface area (Å²) in [4.78, 5) is 34.4. The molecule has 0 unspecified atom stereocenters. The highest BCUT2D eigenvalue weighted by atomic mass is 16.6. The fourth-order valence-corrected chi connectivity index (χ4v) is 2.80. The maximum Gasteiger partial charge on any atom is 0.280 e. The Labute approximate surface area is 121 Å². The molecular weight excluding hydrogens is 274 g/mol. The lowest BCUT2D eigenvalue weighted by atomic mass is 10.1. The van der Waals surface area contributed by atoms with E-state index >= 15 is 0 Å². The number of nitrogens with zero attached hydrogens (tertiary/aromatic N) is 2. The minimum atomic E-state index is -0.596. The van der Waals surface area contributed by atoms with E-state index in [0.29, 0.717) is 12.0 Å². The second kappa shape index (κ2) is 6.34. The number of amides is 1. The van der Waals surface area contributed by atoms with Crippen LogP contribution in [0.2, 0.25) is 0 Å². The molecule has 1 saturated carbocycles. The largest absolute Gasteiger partial charge is 0.368 e. The summed E-state index contributed by atoms with van der Waals surface area (Å²) in [6, 6.07) is 4.49. The van der Waals surface area contributed by atoms with Gasteiger partial charge in [-0.2, -0.15) is 0 Å². The molecular formula is C14H17N3O4. The first-order chi connectivity index (χ1) is 10.0. The zero-order chi connectivity index (χ0) is 15.4. The summed E-state index contributed by atoms with van der Waals surface area (Å²) >= 11 is 0. The summed E-state index contributed by atoms with van der Waals surface area (Å²) in [5.74, 6) is -0.465. The van der Waals surface area contributed by atoms with E-state index in [1.54, 1.807) is 6.07 Å². The summed E-state index contributed by atoms with van der Waals surface area (Å²) in [6.07, 6.45) is 4.50. The molecule has 0 heterocycles. The zero-order valence-electron chi connectivity index (χ0n) is 11.5. The van der Waals surface area contributed by atoms with E-state index in [1.165, 1.54) is 12.1 Å². The third kappa shape index (κ3) is 3.36. The van der Waals surface area contributed by atoms with Crippen LogP contribution in [0.3, 0.4) is 0 Å². The Morgan fingerprint density at radius 3 is 2.62 bits per heavy atom. The standard InChI is InChI=1S/C14H17N3O4/c15-14(19)8-16(11-3-1-2-4-11)12-5-6-13(17(20)21)10(7-12)9-18/h5-7,9,11H,1-4,8H2,(H2,15,19). The Hall–Kier alpha value is -2.44. The molecule has 0 aromatic heterocycles. The molecule has 0 radical (unpaired) electrons. The Kier molecular flexibility index (Phi) is 4.52. The van der Waals surface area contributed by atoms with E-state index < -0.39 is 10.8 Å². The summed E-state index contributed by atoms with van der Waals surface area (Å²) in [5, 5.41) is 10.9. The summed E-state index contributed by atoms with van der Waals surface area (Å²) in [6.45, 7) is 0.0424. The van der Waals surface area contributed by atoms with Crippen LogP contribution in [-0.2, 0) is 4.79 Å². The predicted molar refractivity (Wildman–Crippen MR) is 77.3 cm³/mol. The van der Waals surface area contributed by atoms with Crippen LogP contribution in [-0.4, -0.2) is 29.7 Å². The Morgan fingerprint density at radius 2 is 2.10 bits per heavy atom. The monoisotopic (exact) mass is 291 g/mol. The highest BCUT2D eigenvalue weighted by molar-refractivity contribution is 5.85. The normalized spacial score (nSPS) is 14.9. The molecule has 0 atom stereocenters. The van der Waals surface area contributed by atoms with E-state index in [0.717, 1.165) is 25.7 Å². The number of hydrogen-bond acceptors (Lipinski definition) is 5. The van der Waals surface area contributed by atoms with Gasteiger partial charge < -0.3 is 10.6 Å². The van der Waals surface area contributed by atoms with Crippen molar-refractivity contribution in [3.05, 3.63) is 33.9 Å². The van der Waals surface area contributed by atoms with Gasteiger partial charge in [0.15, 0.2) is 6.29 Å². The van der Waals surface area contributed by atoms with Gasteiger partial charge >= 0.3 is 0 Å². The lowest BCUT2D eigenvalue weighted by Crippen LogP contribution is -2.40. The van der Waals surface area contributed by atoms with Crippen LogP contribution in [0.4, 0.5) is 11.4 Å². The van der Waals surface area contributed by atoms with Crippen molar-refractivity contribution in [3.8, 4) is 0 Å². The fourth-order valence-electron chi connectivity index (χ4n) is 2.80. The van der Waals surface area contributed by atoms with Crippen molar-refractivity contribution in [2.24, 2.45) is 5.73 Å². The molecule has 1 aromatic carbocycles. The number of rotatable bonds is 6. The van der Waals surface area contributed by atoms with Gasteiger partial charge in [0.25, 0.3) is 5.69 Å². The second-order valence-corrected chi connectivity index (χ2v) is 5.15. The molecule has 1 aromatic rings. The van der Waals surface area contributed by atoms with Gasteiger partial charge in [-0.25, -0.2) is 0 Å². The topological polar surface area (TPSA) is 107 Å². The van der Waals surface area contributed by atoms with Crippen molar-refractivity contribution in [3.63, 3.8) is 0 Å². The first-order valence-electron chi connectivity index (χ1n) is 6.81. The van der Waals surface area contributed by atoms with Crippen LogP contribution in [0.25, 0.3) is 0 Å². The number of anilines is 1. The first-order valence-corrected chi connectivity index (χ1v) is 6.81. The van der Waals surface area contributed by atoms with Gasteiger partial charge in [-0.3, -0.25) is 19.7 Å². The molecule has 1 fully saturated rings. The molecule has 0 bridgehead atoms. The third-order valence-corrected chi connectivity index (χ3v) is 3.76. The van der Waals surface area contributed by atoms with E-state index in [2.05, 4.69) is 0 Å². The lowest BCUT2D eigenvalue weighted by Gasteiger charge is -2.30. The quantitative estimate of drug-likeness (QED) is 0.487. The maximum atomic E-state index is 11.3. The maximum absolute atomic E-state index is 11.3. The van der Waals surface area contributed by atoms with Crippen molar-refractivity contribution < 1.29 is 14.5 Å². The number of aldehydes is 1. The van der Waals surface area contributed by atoms with E-state index in [9.17, 15) is 19.7 Å². The number of nitro groups is 1. The third-order valence-electron chi connectivity index (χ3n) is 3.76. The molecule has 1 aliphatic carbocycles. The van der Waals surface area contributed by atoms with Crippen LogP contribution in [0, 0.1) is 10.1 Å². The Morgan fingerprint density at radius 1 is 1.43 bits per heavy atom. The molecule has 21 heavy (non-hydrogen) atoms. The molecule has 1 amide bonds. The molecule has 2 rings (SSSR count). The van der Waals surface area contributed by atoms with Crippen molar-refractivity contribution in [2.45, 2.75) is 31.7 Å². The minimum absolute atomic E-state index is 0.00460. The van der Waals surface area contributed by atoms with Gasteiger partial charge in [0.05, 0.1) is 17.0 Å². The van der Waals surface area contributed by atoms with E-state index in [1.807, 2.05) is 4.90 Å². The Balaban J connectivity index is 2.37. The van der Waals surface area contributed by atoms with Gasteiger partial charge in [0, 0.05) is 17.8 Å². The molecule has 0 aliphatic heterocycles. The van der Waals surface area contributed by atoms with Crippen LogP contribution >= 0.6 is 0 Å². The van der Waals surface area contributed by atoms with Crippen molar-refractivity contribution in [2.75, 3.05) is 11.4 Å². The van der Waals surface area contributed by atoms with Crippen molar-refractivity contribution in [1.82, 2.24) is 0 Å². The minimum Gasteiger partial charge on any atom is -0.368 e. The van der Waals surface area contributed by atoms with Crippen LogP contribution in [0.5, 0.6) is 0 Å². The van der Waals surface area contributed by atoms with Gasteiger partial charge in [-0.05, 0) is 25.0 Å². The number of hydrogen-bond donors (Lipinski definition) is 1. The molecule has 112 valence electrons. The lowest BCUT2D eigenvalue weighted by molar-refractivity contribution is -0.385. The van der Waals surface area contributed by atoms with Gasteiger partial charge in [0.1, 0.15) is 0 Å². The smallest absolute Gasteiger partial charge is 0.280 e. The number of nitrogens with two attached hydrogens (primary N) is 1. The average Bonchev–Trinajstić information content (AvgIpc) is 2.97. The van der Waals surface area contributed by atoms with Crippen molar-refractivity contribution >= 4 is 23.6 Å². The van der Waals surface area contributed by atoms with Crippen LogP contribution in [0.15, 0.2) is 18.2 Å². The van der Waals surface area contributed by atoms with Crippen LogP contribution < -0.4 is 10.6 Å². The highest BCUT2D eigenvalue weighted by Crippen LogP contribution is 2.30. The SMILES string of the molecule is NC(=O)CN(c1ccc([N+](=O)[O-])c(C=O)c1)C1CCCC1. The molecule has 7 nitrogen and oxygen atoms in total. The summed E-state index contributed by atoms with van der Waals surface area (Å²) in [5.41, 5.74) is 5.68. The first kappa shape index (κ1) is 15.0. The van der Waals surface area contributed by atoms with Crippen molar-refractivity contribution in [1.29, 1.82) is 0 Å². The average molecular weight is 291 g/mol. The predicted octanol–water partition coefficient (Wildman–Crippen LogP) is 1.64. The Bertz CT molecular complexity index is 567. The van der Waals surface area contributed by atoms with Gasteiger partial charge in [-0.15, -0.1) is 0 Å². The second-order valence-electron chi connectivity index (χ2n) is 5.15. The molecule has 1 aliphatic rings. The fraction of sp³-hybridized carbons (Fsp3) is 0.429. The summed E-state index contributed by atoms with van der Waals surface area (Å²) < 4.78 is 0. The van der Waals surface area contributed by atoms with E-state index in [4.69, 9.17) is 5.73 Å². The van der Waals surface area contributed by atoms with Gasteiger partial charge in [0.2, 0.25) is 5.91 Å². The van der Waals surface area contributed by atoms with Crippen LogP contribution in [0.1, 0.15) is 36.0 Å². The number of nitro benzene ring substituents is 1. The molecule has 0 spiro atoms. The number of carbonyl (C=O) groups is 2. The number of primary amides is 1. The number of benzene rings is 1. The molecule has 7 heteroatoms. The molecule has 2 N–H and O–H groups in total. The van der Waals surface area contributed by atoms with Gasteiger partial charge in [-0.1, -0.05) is 12.8 Å². The summed E-state index contributed by atoms with van der Waals surface area (Å²) in [7, 11) is 0. The zero-order valence-corrected chi connectivity index (χ0v) is 11.5. The number of carbonyl (C=O) groups excluding carboxylic acids is 2. The molecule has 0 saturated heterocycles. The van der Waals surface area contributed by atoms with E-state index in [-0.39, 0.29) is 23.8 Å². The highest BCUT2D eigenvalue weighted by Gasteiger charge is 2.25.